The lowest BCUT2D eigenvalue weighted by Crippen LogP contribution is -2.37. The van der Waals surface area contributed by atoms with E-state index >= 15 is 0 Å². The van der Waals surface area contributed by atoms with Crippen molar-refractivity contribution < 1.29 is 13.2 Å². The van der Waals surface area contributed by atoms with E-state index in [4.69, 9.17) is 0 Å². The van der Waals surface area contributed by atoms with Gasteiger partial charge >= 0.3 is 0 Å². The fraction of sp³-hybridized carbons (Fsp3) is 0.208. The number of hydrogen-bond acceptors (Lipinski definition) is 3. The number of benzene rings is 3. The van der Waals surface area contributed by atoms with E-state index in [1.807, 2.05) is 63.2 Å². The van der Waals surface area contributed by atoms with Crippen LogP contribution >= 0.6 is 0 Å². The SMILES string of the molecule is Cc1ccc(CN(CC(=O)Nc2c(C)cccc2C)S(=O)(=O)c2ccccc2)cc1. The second kappa shape index (κ2) is 9.24. The summed E-state index contributed by atoms with van der Waals surface area (Å²) in [6.45, 7) is 5.62. The monoisotopic (exact) mass is 422 g/mol. The highest BCUT2D eigenvalue weighted by Gasteiger charge is 2.27. The Morgan fingerprint density at radius 1 is 0.833 bits per heavy atom. The van der Waals surface area contributed by atoms with Crippen LogP contribution in [0.4, 0.5) is 5.69 Å². The Labute approximate surface area is 178 Å². The van der Waals surface area contributed by atoms with Crippen molar-refractivity contribution in [3.63, 3.8) is 0 Å². The molecule has 30 heavy (non-hydrogen) atoms. The molecular formula is C24H26N2O3S. The zero-order valence-corrected chi connectivity index (χ0v) is 18.2. The second-order valence-electron chi connectivity index (χ2n) is 7.39. The number of rotatable bonds is 7. The Hall–Kier alpha value is -2.96. The molecule has 156 valence electrons. The van der Waals surface area contributed by atoms with Gasteiger partial charge in [0.05, 0.1) is 11.4 Å². The van der Waals surface area contributed by atoms with Crippen molar-refractivity contribution in [3.05, 3.63) is 95.1 Å². The first-order chi connectivity index (χ1) is 14.3. The average molecular weight is 423 g/mol. The Bertz CT molecular complexity index is 1100. The van der Waals surface area contributed by atoms with Crippen molar-refractivity contribution in [3.8, 4) is 0 Å². The van der Waals surface area contributed by atoms with Gasteiger partial charge in [-0.2, -0.15) is 4.31 Å². The standard InChI is InChI=1S/C24H26N2O3S/c1-18-12-14-21(15-13-18)16-26(30(28,29)22-10-5-4-6-11-22)17-23(27)25-24-19(2)8-7-9-20(24)3/h4-15H,16-17H2,1-3H3,(H,25,27). The molecule has 0 spiro atoms. The summed E-state index contributed by atoms with van der Waals surface area (Å²) in [5.74, 6) is -0.376. The van der Waals surface area contributed by atoms with Gasteiger partial charge in [0, 0.05) is 12.2 Å². The van der Waals surface area contributed by atoms with E-state index in [0.29, 0.717) is 0 Å². The van der Waals surface area contributed by atoms with E-state index < -0.39 is 10.0 Å². The minimum atomic E-state index is -3.84. The summed E-state index contributed by atoms with van der Waals surface area (Å²) in [6, 6.07) is 21.6. The fourth-order valence-electron chi connectivity index (χ4n) is 3.22. The highest BCUT2D eigenvalue weighted by atomic mass is 32.2. The molecule has 0 bridgehead atoms. The number of amides is 1. The van der Waals surface area contributed by atoms with E-state index in [1.165, 1.54) is 4.31 Å². The summed E-state index contributed by atoms with van der Waals surface area (Å²) in [6.07, 6.45) is 0. The molecule has 1 amide bonds. The zero-order chi connectivity index (χ0) is 21.7. The van der Waals surface area contributed by atoms with Gasteiger partial charge in [0.2, 0.25) is 15.9 Å². The maximum Gasteiger partial charge on any atom is 0.243 e. The molecule has 0 fully saturated rings. The molecule has 0 saturated heterocycles. The van der Waals surface area contributed by atoms with Gasteiger partial charge in [-0.1, -0.05) is 66.2 Å². The first-order valence-corrected chi connectivity index (χ1v) is 11.2. The number of anilines is 1. The van der Waals surface area contributed by atoms with Crippen LogP contribution in [0, 0.1) is 20.8 Å². The zero-order valence-electron chi connectivity index (χ0n) is 17.4. The number of para-hydroxylation sites is 1. The summed E-state index contributed by atoms with van der Waals surface area (Å²) in [4.78, 5) is 13.0. The molecule has 0 heterocycles. The van der Waals surface area contributed by atoms with Crippen LogP contribution in [-0.4, -0.2) is 25.2 Å². The van der Waals surface area contributed by atoms with Crippen LogP contribution < -0.4 is 5.32 Å². The van der Waals surface area contributed by atoms with Crippen molar-refractivity contribution >= 4 is 21.6 Å². The first-order valence-electron chi connectivity index (χ1n) is 9.74. The van der Waals surface area contributed by atoms with Crippen molar-refractivity contribution in [2.75, 3.05) is 11.9 Å². The summed E-state index contributed by atoms with van der Waals surface area (Å²) < 4.78 is 27.8. The quantitative estimate of drug-likeness (QED) is 0.612. The fourth-order valence-corrected chi connectivity index (χ4v) is 4.62. The molecule has 0 saturated carbocycles. The van der Waals surface area contributed by atoms with E-state index in [1.54, 1.807) is 30.3 Å². The molecule has 1 N–H and O–H groups in total. The predicted molar refractivity (Wildman–Crippen MR) is 120 cm³/mol. The molecule has 6 heteroatoms. The lowest BCUT2D eigenvalue weighted by molar-refractivity contribution is -0.116. The van der Waals surface area contributed by atoms with Crippen LogP contribution in [0.1, 0.15) is 22.3 Å². The van der Waals surface area contributed by atoms with Crippen LogP contribution in [0.25, 0.3) is 0 Å². The van der Waals surface area contributed by atoms with Crippen LogP contribution in [0.15, 0.2) is 77.7 Å². The number of hydrogen-bond donors (Lipinski definition) is 1. The normalized spacial score (nSPS) is 11.5. The van der Waals surface area contributed by atoms with Gasteiger partial charge in [-0.05, 0) is 49.6 Å². The van der Waals surface area contributed by atoms with Crippen molar-refractivity contribution in [1.29, 1.82) is 0 Å². The number of carbonyl (C=O) groups is 1. The molecule has 0 radical (unpaired) electrons. The van der Waals surface area contributed by atoms with Crippen LogP contribution in [0.2, 0.25) is 0 Å². The van der Waals surface area contributed by atoms with Crippen molar-refractivity contribution in [2.45, 2.75) is 32.2 Å². The molecule has 5 nitrogen and oxygen atoms in total. The Morgan fingerprint density at radius 2 is 1.43 bits per heavy atom. The van der Waals surface area contributed by atoms with E-state index in [-0.39, 0.29) is 23.9 Å². The Morgan fingerprint density at radius 3 is 2.03 bits per heavy atom. The van der Waals surface area contributed by atoms with Gasteiger partial charge in [-0.15, -0.1) is 0 Å². The molecule has 0 atom stereocenters. The largest absolute Gasteiger partial charge is 0.324 e. The maximum absolute atomic E-state index is 13.3. The maximum atomic E-state index is 13.3. The minimum absolute atomic E-state index is 0.109. The minimum Gasteiger partial charge on any atom is -0.324 e. The third kappa shape index (κ3) is 5.14. The molecule has 0 aromatic heterocycles. The topological polar surface area (TPSA) is 66.5 Å². The second-order valence-corrected chi connectivity index (χ2v) is 9.32. The van der Waals surface area contributed by atoms with Crippen molar-refractivity contribution in [1.82, 2.24) is 4.31 Å². The molecule has 3 rings (SSSR count). The number of nitrogens with zero attached hydrogens (tertiary/aromatic N) is 1. The summed E-state index contributed by atoms with van der Waals surface area (Å²) in [5, 5.41) is 2.88. The van der Waals surface area contributed by atoms with Crippen LogP contribution in [-0.2, 0) is 21.4 Å². The van der Waals surface area contributed by atoms with Gasteiger partial charge in [0.1, 0.15) is 0 Å². The number of nitrogens with one attached hydrogen (secondary N) is 1. The number of aryl methyl sites for hydroxylation is 3. The van der Waals surface area contributed by atoms with Gasteiger partial charge in [-0.25, -0.2) is 8.42 Å². The summed E-state index contributed by atoms with van der Waals surface area (Å²) in [5.41, 5.74) is 4.48. The number of sulfonamides is 1. The third-order valence-electron chi connectivity index (χ3n) is 4.93. The first kappa shape index (κ1) is 21.7. The van der Waals surface area contributed by atoms with Crippen LogP contribution in [0.3, 0.4) is 0 Å². The van der Waals surface area contributed by atoms with Gasteiger partial charge < -0.3 is 5.32 Å². The van der Waals surface area contributed by atoms with E-state index in [0.717, 1.165) is 27.9 Å². The summed E-state index contributed by atoms with van der Waals surface area (Å²) >= 11 is 0. The number of carbonyl (C=O) groups excluding carboxylic acids is 1. The Kier molecular flexibility index (Phi) is 6.70. The summed E-state index contributed by atoms with van der Waals surface area (Å²) in [7, 11) is -3.84. The molecule has 0 aliphatic carbocycles. The van der Waals surface area contributed by atoms with Crippen molar-refractivity contribution in [2.24, 2.45) is 0 Å². The van der Waals surface area contributed by atoms with Crippen LogP contribution in [0.5, 0.6) is 0 Å². The van der Waals surface area contributed by atoms with E-state index in [9.17, 15) is 13.2 Å². The molecule has 0 aliphatic heterocycles. The highest BCUT2D eigenvalue weighted by Crippen LogP contribution is 2.21. The highest BCUT2D eigenvalue weighted by molar-refractivity contribution is 7.89. The molecule has 0 aliphatic rings. The predicted octanol–water partition coefficient (Wildman–Crippen LogP) is 4.44. The van der Waals surface area contributed by atoms with Gasteiger partial charge in [0.15, 0.2) is 0 Å². The smallest absolute Gasteiger partial charge is 0.243 e. The van der Waals surface area contributed by atoms with E-state index in [2.05, 4.69) is 5.32 Å². The lowest BCUT2D eigenvalue weighted by atomic mass is 10.1. The van der Waals surface area contributed by atoms with Gasteiger partial charge in [-0.3, -0.25) is 4.79 Å². The molecule has 0 unspecified atom stereocenters. The third-order valence-corrected chi connectivity index (χ3v) is 6.73. The van der Waals surface area contributed by atoms with Gasteiger partial charge in [0.25, 0.3) is 0 Å². The average Bonchev–Trinajstić information content (AvgIpc) is 2.72. The molecule has 3 aromatic carbocycles. The molecular weight excluding hydrogens is 396 g/mol. The molecule has 3 aromatic rings. The lowest BCUT2D eigenvalue weighted by Gasteiger charge is -2.22. The Balaban J connectivity index is 1.89.